The van der Waals surface area contributed by atoms with E-state index in [1.165, 1.54) is 0 Å². The fourth-order valence-electron chi connectivity index (χ4n) is 1.25. The number of aromatic amines is 1. The Morgan fingerprint density at radius 1 is 1.69 bits per heavy atom. The molecule has 1 aromatic rings. The Bertz CT molecular complexity index is 379. The fraction of sp³-hybridized carbons (Fsp3) is 0.545. The normalized spacial score (nSPS) is 9.75. The Hall–Kier alpha value is -1.83. The average molecular weight is 221 g/mol. The lowest BCUT2D eigenvalue weighted by Crippen LogP contribution is -2.06. The Labute approximate surface area is 94.4 Å². The van der Waals surface area contributed by atoms with Crippen LogP contribution in [0.1, 0.15) is 42.4 Å². The van der Waals surface area contributed by atoms with E-state index in [0.717, 1.165) is 18.5 Å². The van der Waals surface area contributed by atoms with E-state index >= 15 is 0 Å². The molecule has 0 bridgehead atoms. The number of carbonyl (C=O) groups excluding carboxylic acids is 1. The van der Waals surface area contributed by atoms with Crippen LogP contribution >= 0.6 is 0 Å². The molecule has 0 aliphatic carbocycles. The van der Waals surface area contributed by atoms with Crippen LogP contribution in [0.3, 0.4) is 0 Å². The summed E-state index contributed by atoms with van der Waals surface area (Å²) in [4.78, 5) is 11.4. The number of hydrogen-bond acceptors (Lipinski definition) is 4. The van der Waals surface area contributed by atoms with Crippen LogP contribution in [0.2, 0.25) is 0 Å². The van der Waals surface area contributed by atoms with Gasteiger partial charge in [-0.2, -0.15) is 10.4 Å². The van der Waals surface area contributed by atoms with Gasteiger partial charge in [-0.15, -0.1) is 0 Å². The molecule has 0 fully saturated rings. The fourth-order valence-corrected chi connectivity index (χ4v) is 1.25. The third kappa shape index (κ3) is 3.73. The first-order valence-electron chi connectivity index (χ1n) is 5.36. The lowest BCUT2D eigenvalue weighted by molar-refractivity contribution is 0.0495. The van der Waals surface area contributed by atoms with E-state index in [4.69, 9.17) is 10.00 Å². The van der Waals surface area contributed by atoms with E-state index in [-0.39, 0.29) is 6.61 Å². The summed E-state index contributed by atoms with van der Waals surface area (Å²) in [6.07, 6.45) is 2.83. The first-order chi connectivity index (χ1) is 7.77. The number of unbranched alkanes of at least 4 members (excludes halogenated alkanes) is 1. The van der Waals surface area contributed by atoms with Gasteiger partial charge in [-0.3, -0.25) is 5.10 Å². The van der Waals surface area contributed by atoms with Gasteiger partial charge in [-0.1, -0.05) is 13.3 Å². The highest BCUT2D eigenvalue weighted by atomic mass is 16.5. The van der Waals surface area contributed by atoms with Gasteiger partial charge in [0.15, 0.2) is 5.69 Å². The molecule has 0 saturated carbocycles. The Morgan fingerprint density at radius 3 is 3.19 bits per heavy atom. The van der Waals surface area contributed by atoms with Crippen LogP contribution in [-0.2, 0) is 11.2 Å². The minimum atomic E-state index is -0.434. The number of ether oxygens (including phenoxy) is 1. The van der Waals surface area contributed by atoms with Crippen LogP contribution in [-0.4, -0.2) is 22.8 Å². The lowest BCUT2D eigenvalue weighted by atomic mass is 10.2. The summed E-state index contributed by atoms with van der Waals surface area (Å²) in [5.74, 6) is -0.434. The van der Waals surface area contributed by atoms with Crippen LogP contribution in [0.5, 0.6) is 0 Å². The molecule has 16 heavy (non-hydrogen) atoms. The molecule has 1 N–H and O–H groups in total. The zero-order valence-electron chi connectivity index (χ0n) is 9.32. The summed E-state index contributed by atoms with van der Waals surface area (Å²) in [7, 11) is 0. The second-order valence-electron chi connectivity index (χ2n) is 3.43. The van der Waals surface area contributed by atoms with Crippen molar-refractivity contribution < 1.29 is 9.53 Å². The molecular weight excluding hydrogens is 206 g/mol. The molecule has 0 atom stereocenters. The van der Waals surface area contributed by atoms with Gasteiger partial charge in [-0.25, -0.2) is 4.79 Å². The molecule has 1 heterocycles. The molecule has 0 spiro atoms. The van der Waals surface area contributed by atoms with Gasteiger partial charge in [0.2, 0.25) is 0 Å². The monoisotopic (exact) mass is 221 g/mol. The van der Waals surface area contributed by atoms with Crippen molar-refractivity contribution in [2.24, 2.45) is 0 Å². The van der Waals surface area contributed by atoms with E-state index in [1.54, 1.807) is 6.07 Å². The molecule has 0 saturated heterocycles. The number of esters is 1. The van der Waals surface area contributed by atoms with Crippen LogP contribution in [0.25, 0.3) is 0 Å². The highest BCUT2D eigenvalue weighted by molar-refractivity contribution is 5.87. The SMILES string of the molecule is CCCc1cc(C(=O)OCCCC#N)n[nH]1. The highest BCUT2D eigenvalue weighted by Gasteiger charge is 2.11. The number of aromatic nitrogens is 2. The van der Waals surface area contributed by atoms with Crippen molar-refractivity contribution in [1.82, 2.24) is 10.2 Å². The maximum atomic E-state index is 11.4. The first kappa shape index (κ1) is 12.2. The minimum Gasteiger partial charge on any atom is -0.461 e. The zero-order valence-corrected chi connectivity index (χ0v) is 9.32. The van der Waals surface area contributed by atoms with Crippen molar-refractivity contribution in [2.75, 3.05) is 6.61 Å². The first-order valence-corrected chi connectivity index (χ1v) is 5.36. The number of rotatable bonds is 6. The molecule has 0 aliphatic rings. The van der Waals surface area contributed by atoms with E-state index in [9.17, 15) is 4.79 Å². The smallest absolute Gasteiger partial charge is 0.358 e. The van der Waals surface area contributed by atoms with E-state index in [0.29, 0.717) is 18.5 Å². The van der Waals surface area contributed by atoms with Crippen molar-refractivity contribution in [3.63, 3.8) is 0 Å². The predicted octanol–water partition coefficient (Wildman–Crippen LogP) is 1.82. The quantitative estimate of drug-likeness (QED) is 0.587. The third-order valence-corrected chi connectivity index (χ3v) is 2.03. The standard InChI is InChI=1S/C11H15N3O2/c1-2-5-9-8-10(14-13-9)11(15)16-7-4-3-6-12/h8H,2-5,7H2,1H3,(H,13,14). The van der Waals surface area contributed by atoms with Gasteiger partial charge in [0.05, 0.1) is 12.7 Å². The third-order valence-electron chi connectivity index (χ3n) is 2.03. The summed E-state index contributed by atoms with van der Waals surface area (Å²) >= 11 is 0. The molecule has 0 unspecified atom stereocenters. The van der Waals surface area contributed by atoms with E-state index < -0.39 is 5.97 Å². The number of H-pyrrole nitrogens is 1. The van der Waals surface area contributed by atoms with Crippen molar-refractivity contribution in [3.05, 3.63) is 17.5 Å². The van der Waals surface area contributed by atoms with Crippen molar-refractivity contribution in [3.8, 4) is 6.07 Å². The molecule has 0 amide bonds. The van der Waals surface area contributed by atoms with Gasteiger partial charge in [0, 0.05) is 12.1 Å². The summed E-state index contributed by atoms with van der Waals surface area (Å²) < 4.78 is 4.95. The van der Waals surface area contributed by atoms with Crippen LogP contribution < -0.4 is 0 Å². The Morgan fingerprint density at radius 2 is 2.50 bits per heavy atom. The second-order valence-corrected chi connectivity index (χ2v) is 3.43. The second kappa shape index (κ2) is 6.62. The number of aryl methyl sites for hydroxylation is 1. The number of nitrogens with one attached hydrogen (secondary N) is 1. The number of hydrogen-bond donors (Lipinski definition) is 1. The minimum absolute atomic E-state index is 0.266. The number of carbonyl (C=O) groups is 1. The Kier molecular flexibility index (Phi) is 5.06. The molecular formula is C11H15N3O2. The van der Waals surface area contributed by atoms with Crippen LogP contribution in [0.15, 0.2) is 6.07 Å². The average Bonchev–Trinajstić information content (AvgIpc) is 2.73. The molecule has 5 nitrogen and oxygen atoms in total. The van der Waals surface area contributed by atoms with Crippen LogP contribution in [0.4, 0.5) is 0 Å². The summed E-state index contributed by atoms with van der Waals surface area (Å²) in [5.41, 5.74) is 1.24. The Balaban J connectivity index is 2.38. The number of nitriles is 1. The maximum Gasteiger partial charge on any atom is 0.358 e. The molecule has 0 aliphatic heterocycles. The molecule has 0 aromatic carbocycles. The molecule has 86 valence electrons. The van der Waals surface area contributed by atoms with Gasteiger partial charge in [-0.05, 0) is 18.9 Å². The molecule has 0 radical (unpaired) electrons. The van der Waals surface area contributed by atoms with E-state index in [1.807, 2.05) is 6.07 Å². The topological polar surface area (TPSA) is 78.8 Å². The predicted molar refractivity (Wildman–Crippen MR) is 57.7 cm³/mol. The van der Waals surface area contributed by atoms with Crippen molar-refractivity contribution >= 4 is 5.97 Å². The highest BCUT2D eigenvalue weighted by Crippen LogP contribution is 2.04. The molecule has 1 rings (SSSR count). The van der Waals surface area contributed by atoms with Gasteiger partial charge in [0.1, 0.15) is 0 Å². The zero-order chi connectivity index (χ0) is 11.8. The van der Waals surface area contributed by atoms with Crippen molar-refractivity contribution in [2.45, 2.75) is 32.6 Å². The lowest BCUT2D eigenvalue weighted by Gasteiger charge is -1.99. The molecule has 1 aromatic heterocycles. The maximum absolute atomic E-state index is 11.4. The van der Waals surface area contributed by atoms with Crippen LogP contribution in [0, 0.1) is 11.3 Å². The van der Waals surface area contributed by atoms with Crippen molar-refractivity contribution in [1.29, 1.82) is 5.26 Å². The van der Waals surface area contributed by atoms with Gasteiger partial charge in [0.25, 0.3) is 0 Å². The van der Waals surface area contributed by atoms with Gasteiger partial charge >= 0.3 is 5.97 Å². The van der Waals surface area contributed by atoms with Gasteiger partial charge < -0.3 is 4.74 Å². The summed E-state index contributed by atoms with van der Waals surface area (Å²) in [6, 6.07) is 3.69. The molecule has 5 heteroatoms. The summed E-state index contributed by atoms with van der Waals surface area (Å²) in [5, 5.41) is 15.0. The summed E-state index contributed by atoms with van der Waals surface area (Å²) in [6.45, 7) is 2.32. The number of nitrogens with zero attached hydrogens (tertiary/aromatic N) is 2. The van der Waals surface area contributed by atoms with E-state index in [2.05, 4.69) is 17.1 Å². The largest absolute Gasteiger partial charge is 0.461 e.